The normalized spacial score (nSPS) is 14.1. The molecule has 0 unspecified atom stereocenters. The number of fused-ring (bicyclic) bond motifs is 1. The Balaban J connectivity index is 2.38. The zero-order chi connectivity index (χ0) is 9.97. The van der Waals surface area contributed by atoms with Crippen LogP contribution in [0.4, 0.5) is 0 Å². The quantitative estimate of drug-likeness (QED) is 0.788. The van der Waals surface area contributed by atoms with Crippen LogP contribution in [-0.2, 0) is 19.4 Å². The maximum Gasteiger partial charge on any atom is 0.123 e. The van der Waals surface area contributed by atoms with E-state index in [2.05, 4.69) is 17.4 Å². The molecule has 2 nitrogen and oxygen atoms in total. The summed E-state index contributed by atoms with van der Waals surface area (Å²) in [5.74, 6) is 1.03. The van der Waals surface area contributed by atoms with Crippen LogP contribution >= 0.6 is 0 Å². The molecule has 0 atom stereocenters. The predicted molar refractivity (Wildman–Crippen MR) is 57.8 cm³/mol. The first kappa shape index (κ1) is 9.53. The van der Waals surface area contributed by atoms with Gasteiger partial charge in [-0.2, -0.15) is 0 Å². The number of hydrogen-bond donors (Lipinski definition) is 1. The molecule has 0 aromatic heterocycles. The summed E-state index contributed by atoms with van der Waals surface area (Å²) in [4.78, 5) is 0. The van der Waals surface area contributed by atoms with Crippen LogP contribution in [0.25, 0.3) is 0 Å². The molecule has 1 aliphatic rings. The molecule has 14 heavy (non-hydrogen) atoms. The molecule has 0 heterocycles. The van der Waals surface area contributed by atoms with Gasteiger partial charge >= 0.3 is 0 Å². The molecule has 0 radical (unpaired) electrons. The zero-order valence-electron chi connectivity index (χ0n) is 8.89. The van der Waals surface area contributed by atoms with Gasteiger partial charge in [0.05, 0.1) is 7.11 Å². The Morgan fingerprint density at radius 3 is 2.64 bits per heavy atom. The highest BCUT2D eigenvalue weighted by molar-refractivity contribution is 5.44. The highest BCUT2D eigenvalue weighted by Crippen LogP contribution is 2.29. The Morgan fingerprint density at radius 1 is 1.29 bits per heavy atom. The number of aryl methyl sites for hydroxylation is 2. The van der Waals surface area contributed by atoms with Crippen molar-refractivity contribution in [2.24, 2.45) is 0 Å². The lowest BCUT2D eigenvalue weighted by molar-refractivity contribution is 0.408. The summed E-state index contributed by atoms with van der Waals surface area (Å²) in [6, 6.07) is 4.49. The molecule has 0 fully saturated rings. The van der Waals surface area contributed by atoms with E-state index in [1.54, 1.807) is 7.11 Å². The van der Waals surface area contributed by atoms with E-state index in [4.69, 9.17) is 4.74 Å². The molecule has 0 saturated carbocycles. The van der Waals surface area contributed by atoms with Crippen LogP contribution in [0, 0.1) is 0 Å². The maximum absolute atomic E-state index is 5.38. The molecule has 0 spiro atoms. The summed E-state index contributed by atoms with van der Waals surface area (Å²) in [6.45, 7) is 0.885. The van der Waals surface area contributed by atoms with Crippen molar-refractivity contribution in [3.63, 3.8) is 0 Å². The minimum Gasteiger partial charge on any atom is -0.496 e. The van der Waals surface area contributed by atoms with Gasteiger partial charge in [-0.05, 0) is 43.5 Å². The Bertz CT molecular complexity index is 333. The van der Waals surface area contributed by atoms with Gasteiger partial charge in [0, 0.05) is 12.1 Å². The van der Waals surface area contributed by atoms with Crippen molar-refractivity contribution in [1.29, 1.82) is 0 Å². The number of hydrogen-bond acceptors (Lipinski definition) is 2. The first-order valence-electron chi connectivity index (χ1n) is 5.18. The van der Waals surface area contributed by atoms with Crippen LogP contribution in [0.3, 0.4) is 0 Å². The lowest BCUT2D eigenvalue weighted by Gasteiger charge is -2.10. The highest BCUT2D eigenvalue weighted by Gasteiger charge is 2.14. The molecule has 1 aliphatic carbocycles. The van der Waals surface area contributed by atoms with Crippen molar-refractivity contribution in [3.05, 3.63) is 28.8 Å². The van der Waals surface area contributed by atoms with E-state index < -0.39 is 0 Å². The first-order valence-corrected chi connectivity index (χ1v) is 5.18. The van der Waals surface area contributed by atoms with Crippen molar-refractivity contribution in [1.82, 2.24) is 5.32 Å². The highest BCUT2D eigenvalue weighted by atomic mass is 16.5. The van der Waals surface area contributed by atoms with E-state index in [9.17, 15) is 0 Å². The van der Waals surface area contributed by atoms with E-state index in [0.29, 0.717) is 0 Å². The molecule has 1 aromatic rings. The molecule has 0 bridgehead atoms. The summed E-state index contributed by atoms with van der Waals surface area (Å²) in [6.07, 6.45) is 3.74. The van der Waals surface area contributed by atoms with Crippen LogP contribution in [0.15, 0.2) is 12.1 Å². The van der Waals surface area contributed by atoms with Gasteiger partial charge in [0.15, 0.2) is 0 Å². The van der Waals surface area contributed by atoms with Gasteiger partial charge in [0.25, 0.3) is 0 Å². The van der Waals surface area contributed by atoms with Gasteiger partial charge in [0.2, 0.25) is 0 Å². The monoisotopic (exact) mass is 191 g/mol. The zero-order valence-corrected chi connectivity index (χ0v) is 8.89. The summed E-state index contributed by atoms with van der Waals surface area (Å²) >= 11 is 0. The van der Waals surface area contributed by atoms with Crippen LogP contribution in [0.5, 0.6) is 5.75 Å². The van der Waals surface area contributed by atoms with Crippen LogP contribution in [-0.4, -0.2) is 14.2 Å². The molecule has 76 valence electrons. The van der Waals surface area contributed by atoms with E-state index in [1.165, 1.54) is 36.0 Å². The van der Waals surface area contributed by atoms with Gasteiger partial charge in [0.1, 0.15) is 5.75 Å². The summed E-state index contributed by atoms with van der Waals surface area (Å²) in [7, 11) is 3.71. The van der Waals surface area contributed by atoms with Crippen molar-refractivity contribution < 1.29 is 4.74 Å². The number of rotatable bonds is 3. The van der Waals surface area contributed by atoms with Gasteiger partial charge in [-0.3, -0.25) is 0 Å². The fraction of sp³-hybridized carbons (Fsp3) is 0.500. The average molecular weight is 191 g/mol. The Morgan fingerprint density at radius 2 is 2.00 bits per heavy atom. The van der Waals surface area contributed by atoms with Gasteiger partial charge < -0.3 is 10.1 Å². The molecule has 2 rings (SSSR count). The standard InChI is InChI=1S/C12H17NO/c1-13-8-11-6-9-4-3-5-10(9)7-12(11)14-2/h6-7,13H,3-5,8H2,1-2H3. The van der Waals surface area contributed by atoms with E-state index in [0.717, 1.165) is 12.3 Å². The second kappa shape index (κ2) is 4.01. The molecule has 1 N–H and O–H groups in total. The van der Waals surface area contributed by atoms with Gasteiger partial charge in [-0.25, -0.2) is 0 Å². The third kappa shape index (κ3) is 1.62. The average Bonchev–Trinajstić information content (AvgIpc) is 2.64. The third-order valence-corrected chi connectivity index (χ3v) is 2.86. The molecule has 0 amide bonds. The first-order chi connectivity index (χ1) is 6.85. The Kier molecular flexibility index (Phi) is 2.73. The number of nitrogens with one attached hydrogen (secondary N) is 1. The minimum absolute atomic E-state index is 0.885. The maximum atomic E-state index is 5.38. The van der Waals surface area contributed by atoms with Gasteiger partial charge in [-0.1, -0.05) is 6.07 Å². The number of benzene rings is 1. The smallest absolute Gasteiger partial charge is 0.123 e. The number of ether oxygens (including phenoxy) is 1. The molecular weight excluding hydrogens is 174 g/mol. The summed E-state index contributed by atoms with van der Waals surface area (Å²) in [5, 5.41) is 3.17. The third-order valence-electron chi connectivity index (χ3n) is 2.86. The summed E-state index contributed by atoms with van der Waals surface area (Å²) in [5.41, 5.74) is 4.26. The van der Waals surface area contributed by atoms with Gasteiger partial charge in [-0.15, -0.1) is 0 Å². The fourth-order valence-corrected chi connectivity index (χ4v) is 2.17. The molecule has 0 saturated heterocycles. The minimum atomic E-state index is 0.885. The fourth-order valence-electron chi connectivity index (χ4n) is 2.17. The van der Waals surface area contributed by atoms with Crippen LogP contribution in [0.1, 0.15) is 23.1 Å². The lowest BCUT2D eigenvalue weighted by Crippen LogP contribution is -2.07. The Hall–Kier alpha value is -1.02. The molecule has 1 aromatic carbocycles. The molecule has 0 aliphatic heterocycles. The largest absolute Gasteiger partial charge is 0.496 e. The molecule has 2 heteroatoms. The van der Waals surface area contributed by atoms with Crippen molar-refractivity contribution in [3.8, 4) is 5.75 Å². The van der Waals surface area contributed by atoms with Crippen molar-refractivity contribution in [2.45, 2.75) is 25.8 Å². The SMILES string of the molecule is CNCc1cc2c(cc1OC)CCC2. The van der Waals surface area contributed by atoms with E-state index >= 15 is 0 Å². The predicted octanol–water partition coefficient (Wildman–Crippen LogP) is 1.90. The second-order valence-corrected chi connectivity index (χ2v) is 3.82. The van der Waals surface area contributed by atoms with E-state index in [-0.39, 0.29) is 0 Å². The van der Waals surface area contributed by atoms with Crippen LogP contribution < -0.4 is 10.1 Å². The number of methoxy groups -OCH3 is 1. The lowest BCUT2D eigenvalue weighted by atomic mass is 10.1. The van der Waals surface area contributed by atoms with Crippen molar-refractivity contribution >= 4 is 0 Å². The van der Waals surface area contributed by atoms with Crippen LogP contribution in [0.2, 0.25) is 0 Å². The topological polar surface area (TPSA) is 21.3 Å². The van der Waals surface area contributed by atoms with Crippen molar-refractivity contribution in [2.75, 3.05) is 14.2 Å². The Labute approximate surface area is 85.3 Å². The van der Waals surface area contributed by atoms with E-state index in [1.807, 2.05) is 7.05 Å². The summed E-state index contributed by atoms with van der Waals surface area (Å²) < 4.78 is 5.38. The molecular formula is C12H17NO. The second-order valence-electron chi connectivity index (χ2n) is 3.82.